The Balaban J connectivity index is -0.000000175. The number of carbonyl (C=O) groups excluding carboxylic acids is 1. The van der Waals surface area contributed by atoms with E-state index in [1.165, 1.54) is 5.01 Å². The molecule has 74 valence electrons. The summed E-state index contributed by atoms with van der Waals surface area (Å²) >= 11 is 0. The summed E-state index contributed by atoms with van der Waals surface area (Å²) in [6.07, 6.45) is 0.482. The zero-order valence-electron chi connectivity index (χ0n) is 9.22. The molecule has 3 nitrogen and oxygen atoms in total. The minimum Gasteiger partial charge on any atom is -0.273 e. The molecule has 0 aliphatic heterocycles. The average molecular weight is 174 g/mol. The first-order valence-electron chi connectivity index (χ1n) is 4.45. The van der Waals surface area contributed by atoms with Crippen molar-refractivity contribution in [3.8, 4) is 0 Å². The second-order valence-electron chi connectivity index (χ2n) is 1.41. The molecule has 0 N–H and O–H groups in total. The van der Waals surface area contributed by atoms with Gasteiger partial charge >= 0.3 is 0 Å². The Kier molecular flexibility index (Phi) is 23.9. The SMILES string of the molecule is C=NN(C)C(=O)CC.CC.CC. The van der Waals surface area contributed by atoms with E-state index in [9.17, 15) is 4.79 Å². The summed E-state index contributed by atoms with van der Waals surface area (Å²) in [5.41, 5.74) is 0. The minimum absolute atomic E-state index is 0.0139. The van der Waals surface area contributed by atoms with Gasteiger partial charge in [0.15, 0.2) is 0 Å². The third-order valence-corrected chi connectivity index (χ3v) is 0.876. The van der Waals surface area contributed by atoms with Crippen LogP contribution in [-0.2, 0) is 4.79 Å². The Morgan fingerprint density at radius 2 is 1.67 bits per heavy atom. The van der Waals surface area contributed by atoms with Crippen LogP contribution in [0.2, 0.25) is 0 Å². The van der Waals surface area contributed by atoms with E-state index in [1.807, 2.05) is 27.7 Å². The molecule has 0 spiro atoms. The first-order chi connectivity index (χ1) is 5.72. The molecule has 0 aromatic carbocycles. The van der Waals surface area contributed by atoms with Crippen LogP contribution in [0.15, 0.2) is 5.10 Å². The lowest BCUT2D eigenvalue weighted by Crippen LogP contribution is -2.18. The van der Waals surface area contributed by atoms with Gasteiger partial charge in [-0.25, -0.2) is 5.01 Å². The van der Waals surface area contributed by atoms with Gasteiger partial charge in [0.2, 0.25) is 5.91 Å². The maximum Gasteiger partial charge on any atom is 0.242 e. The van der Waals surface area contributed by atoms with Crippen molar-refractivity contribution in [3.05, 3.63) is 0 Å². The second-order valence-corrected chi connectivity index (χ2v) is 1.41. The lowest BCUT2D eigenvalue weighted by atomic mass is 10.5. The average Bonchev–Trinajstić information content (AvgIpc) is 2.21. The highest BCUT2D eigenvalue weighted by Crippen LogP contribution is 1.86. The quantitative estimate of drug-likeness (QED) is 0.467. The number of carbonyl (C=O) groups is 1. The largest absolute Gasteiger partial charge is 0.273 e. The van der Waals surface area contributed by atoms with Crippen molar-refractivity contribution in [3.63, 3.8) is 0 Å². The Hall–Kier alpha value is -0.860. The van der Waals surface area contributed by atoms with Crippen LogP contribution in [0.5, 0.6) is 0 Å². The van der Waals surface area contributed by atoms with Crippen molar-refractivity contribution in [1.29, 1.82) is 0 Å². The first kappa shape index (κ1) is 17.3. The van der Waals surface area contributed by atoms with E-state index >= 15 is 0 Å². The molecule has 0 fully saturated rings. The summed E-state index contributed by atoms with van der Waals surface area (Å²) in [7, 11) is 1.58. The zero-order valence-corrected chi connectivity index (χ0v) is 9.22. The van der Waals surface area contributed by atoms with Gasteiger partial charge in [0.1, 0.15) is 0 Å². The lowest BCUT2D eigenvalue weighted by Gasteiger charge is -2.05. The first-order valence-corrected chi connectivity index (χ1v) is 4.45. The van der Waals surface area contributed by atoms with E-state index in [0.717, 1.165) is 0 Å². The molecule has 12 heavy (non-hydrogen) atoms. The van der Waals surface area contributed by atoms with Crippen LogP contribution in [0.1, 0.15) is 41.0 Å². The number of hydrazone groups is 1. The smallest absolute Gasteiger partial charge is 0.242 e. The molecule has 0 bridgehead atoms. The minimum atomic E-state index is -0.0139. The molecule has 0 aliphatic rings. The van der Waals surface area contributed by atoms with Gasteiger partial charge < -0.3 is 0 Å². The van der Waals surface area contributed by atoms with E-state index < -0.39 is 0 Å². The van der Waals surface area contributed by atoms with Crippen molar-refractivity contribution >= 4 is 12.6 Å². The topological polar surface area (TPSA) is 32.7 Å². The standard InChI is InChI=1S/C5H10N2O.2C2H6/c1-4-5(8)7(3)6-2;2*1-2/h2,4H2,1,3H3;2*1-2H3. The van der Waals surface area contributed by atoms with Gasteiger partial charge in [-0.3, -0.25) is 4.79 Å². The second kappa shape index (κ2) is 16.6. The van der Waals surface area contributed by atoms with E-state index in [2.05, 4.69) is 11.8 Å². The van der Waals surface area contributed by atoms with E-state index in [0.29, 0.717) is 6.42 Å². The number of hydrogen-bond acceptors (Lipinski definition) is 2. The normalized spacial score (nSPS) is 6.50. The van der Waals surface area contributed by atoms with Gasteiger partial charge in [0.05, 0.1) is 0 Å². The molecule has 0 heterocycles. The molecule has 0 rings (SSSR count). The third-order valence-electron chi connectivity index (χ3n) is 0.876. The summed E-state index contributed by atoms with van der Waals surface area (Å²) in [5, 5.41) is 4.62. The highest BCUT2D eigenvalue weighted by atomic mass is 16.2. The number of nitrogens with zero attached hydrogens (tertiary/aromatic N) is 2. The van der Waals surface area contributed by atoms with Crippen molar-refractivity contribution in [2.45, 2.75) is 41.0 Å². The fraction of sp³-hybridized carbons (Fsp3) is 0.778. The molecular formula is C9H22N2O. The molecule has 1 amide bonds. The predicted octanol–water partition coefficient (Wildman–Crippen LogP) is 2.52. The Morgan fingerprint density at radius 3 is 1.75 bits per heavy atom. The van der Waals surface area contributed by atoms with Gasteiger partial charge in [0, 0.05) is 20.2 Å². The van der Waals surface area contributed by atoms with Crippen molar-refractivity contribution in [1.82, 2.24) is 5.01 Å². The predicted molar refractivity (Wildman–Crippen MR) is 55.3 cm³/mol. The van der Waals surface area contributed by atoms with Gasteiger partial charge in [-0.15, -0.1) is 0 Å². The van der Waals surface area contributed by atoms with Crippen LogP contribution in [0.4, 0.5) is 0 Å². The third kappa shape index (κ3) is 11.9. The fourth-order valence-corrected chi connectivity index (χ4v) is 0.308. The summed E-state index contributed by atoms with van der Waals surface area (Å²) in [5.74, 6) is -0.0139. The van der Waals surface area contributed by atoms with E-state index in [1.54, 1.807) is 14.0 Å². The van der Waals surface area contributed by atoms with Crippen molar-refractivity contribution in [2.24, 2.45) is 5.10 Å². The number of amides is 1. The van der Waals surface area contributed by atoms with Gasteiger partial charge in [-0.1, -0.05) is 34.6 Å². The van der Waals surface area contributed by atoms with Gasteiger partial charge in [-0.05, 0) is 0 Å². The Labute approximate surface area is 76.5 Å². The fourth-order valence-electron chi connectivity index (χ4n) is 0.308. The van der Waals surface area contributed by atoms with Crippen LogP contribution >= 0.6 is 0 Å². The molecule has 0 saturated heterocycles. The molecule has 0 unspecified atom stereocenters. The van der Waals surface area contributed by atoms with Crippen LogP contribution < -0.4 is 0 Å². The molecule has 3 heteroatoms. The zero-order chi connectivity index (χ0) is 10.6. The van der Waals surface area contributed by atoms with Crippen molar-refractivity contribution in [2.75, 3.05) is 7.05 Å². The Bertz CT molecular complexity index is 103. The molecule has 0 aliphatic carbocycles. The highest BCUT2D eigenvalue weighted by Gasteiger charge is 1.99. The molecule has 0 saturated carbocycles. The molecule has 0 radical (unpaired) electrons. The van der Waals surface area contributed by atoms with Crippen LogP contribution in [0.3, 0.4) is 0 Å². The molecule has 0 atom stereocenters. The highest BCUT2D eigenvalue weighted by molar-refractivity contribution is 5.75. The molecule has 0 aromatic rings. The van der Waals surface area contributed by atoms with Crippen molar-refractivity contribution < 1.29 is 4.79 Å². The molecule has 0 aromatic heterocycles. The van der Waals surface area contributed by atoms with Crippen LogP contribution in [-0.4, -0.2) is 24.7 Å². The van der Waals surface area contributed by atoms with Gasteiger partial charge in [0.25, 0.3) is 0 Å². The number of rotatable bonds is 2. The van der Waals surface area contributed by atoms with E-state index in [-0.39, 0.29) is 5.91 Å². The number of hydrogen-bond donors (Lipinski definition) is 0. The monoisotopic (exact) mass is 174 g/mol. The summed E-state index contributed by atoms with van der Waals surface area (Å²) in [6.45, 7) is 13.0. The van der Waals surface area contributed by atoms with Crippen LogP contribution in [0, 0.1) is 0 Å². The summed E-state index contributed by atoms with van der Waals surface area (Å²) in [4.78, 5) is 10.5. The maximum atomic E-state index is 10.5. The van der Waals surface area contributed by atoms with E-state index in [4.69, 9.17) is 0 Å². The maximum absolute atomic E-state index is 10.5. The summed E-state index contributed by atoms with van der Waals surface area (Å²) < 4.78 is 0. The Morgan fingerprint density at radius 1 is 1.33 bits per heavy atom. The van der Waals surface area contributed by atoms with Gasteiger partial charge in [-0.2, -0.15) is 5.10 Å². The summed E-state index contributed by atoms with van der Waals surface area (Å²) in [6, 6.07) is 0. The van der Waals surface area contributed by atoms with Crippen LogP contribution in [0.25, 0.3) is 0 Å². The lowest BCUT2D eigenvalue weighted by molar-refractivity contribution is -0.129. The molecular weight excluding hydrogens is 152 g/mol.